The zero-order valence-electron chi connectivity index (χ0n) is 8.89. The molecule has 0 saturated heterocycles. The van der Waals surface area contributed by atoms with Crippen LogP contribution in [0.2, 0.25) is 0 Å². The average molecular weight is 303 g/mol. The summed E-state index contributed by atoms with van der Waals surface area (Å²) < 4.78 is 2.77. The molecule has 0 nitrogen and oxygen atoms in total. The Morgan fingerprint density at radius 1 is 0.600 bits per heavy atom. The van der Waals surface area contributed by atoms with E-state index in [-0.39, 0.29) is 0 Å². The van der Waals surface area contributed by atoms with Crippen molar-refractivity contribution in [1.29, 1.82) is 0 Å². The van der Waals surface area contributed by atoms with E-state index in [0.29, 0.717) is 0 Å². The molecule has 0 aliphatic rings. The number of hydrogen-bond donors (Lipinski definition) is 0. The van der Waals surface area contributed by atoms with Crippen molar-refractivity contribution >= 4 is 21.1 Å². The molecule has 0 unspecified atom stereocenters. The van der Waals surface area contributed by atoms with Crippen LogP contribution in [0.3, 0.4) is 0 Å². The third-order valence-corrected chi connectivity index (χ3v) is 7.93. The van der Waals surface area contributed by atoms with Crippen LogP contribution in [0, 0.1) is 0 Å². The zero-order chi connectivity index (χ0) is 10.3. The summed E-state index contributed by atoms with van der Waals surface area (Å²) in [5, 5.41) is 0. The van der Waals surface area contributed by atoms with Crippen molar-refractivity contribution in [3.8, 4) is 0 Å². The van der Waals surface area contributed by atoms with Gasteiger partial charge >= 0.3 is 102 Å². The summed E-state index contributed by atoms with van der Waals surface area (Å²) in [5.74, 6) is 0. The van der Waals surface area contributed by atoms with Gasteiger partial charge in [0.15, 0.2) is 0 Å². The molecule has 0 heterocycles. The van der Waals surface area contributed by atoms with Crippen LogP contribution >= 0.6 is 0 Å². The van der Waals surface area contributed by atoms with E-state index >= 15 is 0 Å². The summed E-state index contributed by atoms with van der Waals surface area (Å²) in [6, 6.07) is 21.8. The monoisotopic (exact) mass is 304 g/mol. The summed E-state index contributed by atoms with van der Waals surface area (Å²) in [6.07, 6.45) is 0. The van der Waals surface area contributed by atoms with Crippen molar-refractivity contribution in [1.82, 2.24) is 0 Å². The molecule has 0 spiro atoms. The Labute approximate surface area is 102 Å². The van der Waals surface area contributed by atoms with E-state index in [2.05, 4.69) is 60.7 Å². The molecule has 15 heavy (non-hydrogen) atoms. The standard InChI is InChI=1S/2C7H7.Sn.2H/c2*1-7-5-3-2-4-6-7;;;/h2*2-6H,1H2;;;. The first kappa shape index (κ1) is 10.7. The molecular weight excluding hydrogens is 287 g/mol. The van der Waals surface area contributed by atoms with Gasteiger partial charge in [-0.2, -0.15) is 0 Å². The summed E-state index contributed by atoms with van der Waals surface area (Å²) >= 11 is -0.608. The summed E-state index contributed by atoms with van der Waals surface area (Å²) in [4.78, 5) is 0. The predicted octanol–water partition coefficient (Wildman–Crippen LogP) is 2.56. The second-order valence-electron chi connectivity index (χ2n) is 3.82. The number of hydrogen-bond acceptors (Lipinski definition) is 0. The van der Waals surface area contributed by atoms with E-state index < -0.39 is 21.1 Å². The Kier molecular flexibility index (Phi) is 4.27. The molecule has 76 valence electrons. The predicted molar refractivity (Wildman–Crippen MR) is 68.8 cm³/mol. The molecule has 0 saturated carbocycles. The van der Waals surface area contributed by atoms with Crippen LogP contribution in [0.1, 0.15) is 11.1 Å². The van der Waals surface area contributed by atoms with Crippen LogP contribution in [0.25, 0.3) is 0 Å². The second-order valence-corrected chi connectivity index (χ2v) is 8.70. The molecule has 0 fully saturated rings. The van der Waals surface area contributed by atoms with E-state index in [1.54, 1.807) is 0 Å². The molecule has 0 aliphatic heterocycles. The fourth-order valence-electron chi connectivity index (χ4n) is 1.79. The van der Waals surface area contributed by atoms with Gasteiger partial charge in [-0.3, -0.25) is 0 Å². The van der Waals surface area contributed by atoms with Crippen molar-refractivity contribution in [3.63, 3.8) is 0 Å². The third kappa shape index (κ3) is 3.71. The van der Waals surface area contributed by atoms with Gasteiger partial charge < -0.3 is 0 Å². The van der Waals surface area contributed by atoms with Gasteiger partial charge in [0.25, 0.3) is 0 Å². The van der Waals surface area contributed by atoms with Gasteiger partial charge in [-0.05, 0) is 0 Å². The first-order valence-corrected chi connectivity index (χ1v) is 11.2. The molecule has 2 aromatic rings. The van der Waals surface area contributed by atoms with Crippen LogP contribution in [-0.2, 0) is 8.87 Å². The topological polar surface area (TPSA) is 0 Å². The van der Waals surface area contributed by atoms with Crippen molar-refractivity contribution < 1.29 is 0 Å². The van der Waals surface area contributed by atoms with Crippen molar-refractivity contribution in [2.75, 3.05) is 0 Å². The molecule has 2 aromatic carbocycles. The van der Waals surface area contributed by atoms with Crippen LogP contribution in [0.5, 0.6) is 0 Å². The molecule has 0 bridgehead atoms. The molecule has 0 amide bonds. The molecule has 1 heteroatoms. The van der Waals surface area contributed by atoms with Gasteiger partial charge in [-0.25, -0.2) is 0 Å². The van der Waals surface area contributed by atoms with Gasteiger partial charge in [-0.1, -0.05) is 0 Å². The Bertz CT molecular complexity index is 341. The van der Waals surface area contributed by atoms with Crippen LogP contribution in [0.15, 0.2) is 60.7 Å². The second kappa shape index (κ2) is 5.96. The Hall–Kier alpha value is -0.761. The van der Waals surface area contributed by atoms with Gasteiger partial charge in [-0.15, -0.1) is 0 Å². The SMILES string of the molecule is c1ccc([CH2][SnH2][CH2]c2ccccc2)cc1. The zero-order valence-corrected chi connectivity index (χ0v) is 12.9. The summed E-state index contributed by atoms with van der Waals surface area (Å²) in [5.41, 5.74) is 3.06. The van der Waals surface area contributed by atoms with E-state index in [1.165, 1.54) is 20.0 Å². The maximum absolute atomic E-state index is 2.25. The summed E-state index contributed by atoms with van der Waals surface area (Å²) in [7, 11) is 0. The normalized spacial score (nSPS) is 10.1. The first-order chi connectivity index (χ1) is 7.45. The number of rotatable bonds is 4. The minimum atomic E-state index is -0.608. The van der Waals surface area contributed by atoms with E-state index in [0.717, 1.165) is 0 Å². The summed E-state index contributed by atoms with van der Waals surface area (Å²) in [6.45, 7) is 0. The molecule has 2 rings (SSSR count). The van der Waals surface area contributed by atoms with Crippen molar-refractivity contribution in [2.45, 2.75) is 8.87 Å². The van der Waals surface area contributed by atoms with E-state index in [9.17, 15) is 0 Å². The maximum atomic E-state index is 2.25. The van der Waals surface area contributed by atoms with Crippen molar-refractivity contribution in [3.05, 3.63) is 71.8 Å². The number of benzene rings is 2. The Morgan fingerprint density at radius 2 is 1.00 bits per heavy atom. The fourth-order valence-corrected chi connectivity index (χ4v) is 6.52. The Morgan fingerprint density at radius 3 is 1.40 bits per heavy atom. The molecule has 0 aliphatic carbocycles. The Balaban J connectivity index is 1.81. The average Bonchev–Trinajstić information content (AvgIpc) is 2.32. The molecule has 0 aromatic heterocycles. The van der Waals surface area contributed by atoms with Gasteiger partial charge in [0.2, 0.25) is 0 Å². The van der Waals surface area contributed by atoms with Gasteiger partial charge in [0.05, 0.1) is 0 Å². The van der Waals surface area contributed by atoms with Crippen LogP contribution < -0.4 is 0 Å². The molecule has 0 radical (unpaired) electrons. The first-order valence-electron chi connectivity index (χ1n) is 5.53. The van der Waals surface area contributed by atoms with Crippen molar-refractivity contribution in [2.24, 2.45) is 0 Å². The van der Waals surface area contributed by atoms with E-state index in [1.807, 2.05) is 0 Å². The van der Waals surface area contributed by atoms with Gasteiger partial charge in [0, 0.05) is 0 Å². The van der Waals surface area contributed by atoms with E-state index in [4.69, 9.17) is 0 Å². The quantitative estimate of drug-likeness (QED) is 0.762. The van der Waals surface area contributed by atoms with Crippen LogP contribution in [0.4, 0.5) is 0 Å². The minimum absolute atomic E-state index is 0.608. The molecule has 0 N–H and O–H groups in total. The van der Waals surface area contributed by atoms with Crippen LogP contribution in [-0.4, -0.2) is 21.1 Å². The fraction of sp³-hybridized carbons (Fsp3) is 0.143. The molecule has 0 atom stereocenters. The van der Waals surface area contributed by atoms with Gasteiger partial charge in [0.1, 0.15) is 0 Å². The third-order valence-electron chi connectivity index (χ3n) is 2.62. The molecular formula is C14H16Sn.